The van der Waals surface area contributed by atoms with Crippen LogP contribution in [0.1, 0.15) is 31.4 Å². The second-order valence-electron chi connectivity index (χ2n) is 5.19. The second kappa shape index (κ2) is 8.22. The molecule has 0 fully saturated rings. The fourth-order valence-corrected chi connectivity index (χ4v) is 2.79. The molecular weight excluding hydrogens is 336 g/mol. The predicted molar refractivity (Wildman–Crippen MR) is 86.4 cm³/mol. The highest BCUT2D eigenvalue weighted by Gasteiger charge is 2.36. The molecule has 2 rings (SSSR count). The van der Waals surface area contributed by atoms with Crippen molar-refractivity contribution in [2.75, 3.05) is 46.7 Å². The summed E-state index contributed by atoms with van der Waals surface area (Å²) in [4.78, 5) is 38.4. The van der Waals surface area contributed by atoms with Crippen molar-refractivity contribution in [2.45, 2.75) is 0 Å². The van der Waals surface area contributed by atoms with Crippen molar-refractivity contribution in [1.29, 1.82) is 0 Å². The number of esters is 1. The number of Topliss-reactive ketones (excluding diaryl/α,β-unsaturated/α-hetero) is 1. The summed E-state index contributed by atoms with van der Waals surface area (Å²) in [5, 5.41) is 3.48. The van der Waals surface area contributed by atoms with Gasteiger partial charge in [-0.3, -0.25) is 9.59 Å². The first kappa shape index (κ1) is 18.4. The summed E-state index contributed by atoms with van der Waals surface area (Å²) < 4.78 is 14.8. The van der Waals surface area contributed by atoms with E-state index in [1.54, 1.807) is 0 Å². The predicted octanol–water partition coefficient (Wildman–Crippen LogP) is 1.04. The standard InChI is InChI=1S/C15H18N2O6S/c1-17(2)4-5-22-6-7-24-10-8-9(18)14-11(13(10)19)12(16-23-14)15(20)21-3/h8H,4-7H2,1-3H3. The molecule has 0 unspecified atom stereocenters. The number of methoxy groups -OCH3 is 1. The summed E-state index contributed by atoms with van der Waals surface area (Å²) in [5.74, 6) is -1.51. The van der Waals surface area contributed by atoms with Crippen molar-refractivity contribution in [3.05, 3.63) is 28.0 Å². The molecule has 24 heavy (non-hydrogen) atoms. The number of hydrogen-bond acceptors (Lipinski definition) is 9. The second-order valence-corrected chi connectivity index (χ2v) is 6.33. The van der Waals surface area contributed by atoms with E-state index >= 15 is 0 Å². The van der Waals surface area contributed by atoms with E-state index in [-0.39, 0.29) is 21.9 Å². The SMILES string of the molecule is COC(=O)c1noc2c1C(=O)C(SCCOCCN(C)C)=CC2=O. The molecule has 0 saturated heterocycles. The van der Waals surface area contributed by atoms with Crippen molar-refractivity contribution in [1.82, 2.24) is 10.1 Å². The summed E-state index contributed by atoms with van der Waals surface area (Å²) in [6.45, 7) is 1.83. The highest BCUT2D eigenvalue weighted by atomic mass is 32.2. The monoisotopic (exact) mass is 354 g/mol. The van der Waals surface area contributed by atoms with Crippen LogP contribution in [0.25, 0.3) is 0 Å². The Bertz CT molecular complexity index is 680. The minimum atomic E-state index is -0.820. The summed E-state index contributed by atoms with van der Waals surface area (Å²) in [6, 6.07) is 0. The Labute approximate surface area is 143 Å². The fraction of sp³-hybridized carbons (Fsp3) is 0.467. The molecule has 1 aromatic heterocycles. The van der Waals surface area contributed by atoms with Crippen LogP contribution in [0.15, 0.2) is 15.5 Å². The highest BCUT2D eigenvalue weighted by Crippen LogP contribution is 2.30. The van der Waals surface area contributed by atoms with Gasteiger partial charge in [-0.15, -0.1) is 11.8 Å². The van der Waals surface area contributed by atoms with Gasteiger partial charge >= 0.3 is 5.97 Å². The number of hydrogen-bond donors (Lipinski definition) is 0. The molecule has 0 amide bonds. The zero-order chi connectivity index (χ0) is 17.7. The third-order valence-electron chi connectivity index (χ3n) is 3.18. The lowest BCUT2D eigenvalue weighted by Gasteiger charge is -2.12. The molecule has 9 heteroatoms. The normalized spacial score (nSPS) is 13.9. The lowest BCUT2D eigenvalue weighted by molar-refractivity contribution is 0.0586. The summed E-state index contributed by atoms with van der Waals surface area (Å²) >= 11 is 1.19. The van der Waals surface area contributed by atoms with Crippen molar-refractivity contribution < 1.29 is 28.4 Å². The van der Waals surface area contributed by atoms with E-state index in [4.69, 9.17) is 9.26 Å². The van der Waals surface area contributed by atoms with Crippen LogP contribution in [-0.2, 0) is 9.47 Å². The maximum Gasteiger partial charge on any atom is 0.361 e. The number of fused-ring (bicyclic) bond motifs is 1. The Kier molecular flexibility index (Phi) is 6.29. The van der Waals surface area contributed by atoms with E-state index in [0.717, 1.165) is 13.7 Å². The third kappa shape index (κ3) is 4.11. The van der Waals surface area contributed by atoms with Gasteiger partial charge in [-0.25, -0.2) is 4.79 Å². The van der Waals surface area contributed by atoms with Gasteiger partial charge in [0.2, 0.25) is 23.0 Å². The van der Waals surface area contributed by atoms with Gasteiger partial charge < -0.3 is 18.9 Å². The lowest BCUT2D eigenvalue weighted by atomic mass is 10.00. The average molecular weight is 354 g/mol. The van der Waals surface area contributed by atoms with Crippen LogP contribution in [0, 0.1) is 0 Å². The molecule has 0 aromatic carbocycles. The molecular formula is C15H18N2O6S. The molecule has 0 bridgehead atoms. The Morgan fingerprint density at radius 3 is 2.75 bits per heavy atom. The Morgan fingerprint density at radius 1 is 1.33 bits per heavy atom. The number of nitrogens with zero attached hydrogens (tertiary/aromatic N) is 2. The summed E-state index contributed by atoms with van der Waals surface area (Å²) in [7, 11) is 5.06. The average Bonchev–Trinajstić information content (AvgIpc) is 2.99. The number of carbonyl (C=O) groups is 3. The van der Waals surface area contributed by atoms with Gasteiger partial charge in [-0.1, -0.05) is 5.16 Å². The molecule has 1 aromatic rings. The molecule has 1 heterocycles. The van der Waals surface area contributed by atoms with E-state index in [1.807, 2.05) is 19.0 Å². The van der Waals surface area contributed by atoms with Gasteiger partial charge in [0, 0.05) is 18.4 Å². The van der Waals surface area contributed by atoms with Gasteiger partial charge in [0.25, 0.3) is 0 Å². The maximum atomic E-state index is 12.5. The number of ketones is 2. The first-order valence-corrected chi connectivity index (χ1v) is 8.18. The molecule has 0 saturated carbocycles. The number of ether oxygens (including phenoxy) is 2. The molecule has 1 aliphatic rings. The van der Waals surface area contributed by atoms with Crippen LogP contribution in [0.5, 0.6) is 0 Å². The molecule has 0 N–H and O–H groups in total. The van der Waals surface area contributed by atoms with Crippen molar-refractivity contribution in [3.8, 4) is 0 Å². The number of carbonyl (C=O) groups excluding carboxylic acids is 3. The van der Waals surface area contributed by atoms with E-state index in [2.05, 4.69) is 9.89 Å². The minimum Gasteiger partial charge on any atom is -0.464 e. The molecule has 1 aliphatic carbocycles. The zero-order valence-corrected chi connectivity index (χ0v) is 14.5. The smallest absolute Gasteiger partial charge is 0.361 e. The molecule has 0 spiro atoms. The number of thioether (sulfide) groups is 1. The molecule has 8 nitrogen and oxygen atoms in total. The lowest BCUT2D eigenvalue weighted by Crippen LogP contribution is -2.19. The van der Waals surface area contributed by atoms with Gasteiger partial charge in [0.05, 0.1) is 25.2 Å². The first-order valence-electron chi connectivity index (χ1n) is 7.19. The van der Waals surface area contributed by atoms with Crippen LogP contribution in [-0.4, -0.2) is 74.3 Å². The minimum absolute atomic E-state index is 0.134. The molecule has 130 valence electrons. The fourth-order valence-electron chi connectivity index (χ4n) is 1.95. The molecule has 0 radical (unpaired) electrons. The van der Waals surface area contributed by atoms with Gasteiger partial charge in [-0.05, 0) is 14.1 Å². The number of allylic oxidation sites excluding steroid dienone is 2. The van der Waals surface area contributed by atoms with E-state index in [1.165, 1.54) is 17.8 Å². The maximum absolute atomic E-state index is 12.5. The van der Waals surface area contributed by atoms with Crippen LogP contribution in [0.3, 0.4) is 0 Å². The Morgan fingerprint density at radius 2 is 2.08 bits per heavy atom. The van der Waals surface area contributed by atoms with Crippen LogP contribution < -0.4 is 0 Å². The van der Waals surface area contributed by atoms with Crippen molar-refractivity contribution in [2.24, 2.45) is 0 Å². The van der Waals surface area contributed by atoms with Crippen LogP contribution in [0.2, 0.25) is 0 Å². The van der Waals surface area contributed by atoms with E-state index in [0.29, 0.717) is 19.0 Å². The topological polar surface area (TPSA) is 98.9 Å². The molecule has 0 aliphatic heterocycles. The van der Waals surface area contributed by atoms with Crippen LogP contribution >= 0.6 is 11.8 Å². The zero-order valence-electron chi connectivity index (χ0n) is 13.7. The van der Waals surface area contributed by atoms with Gasteiger partial charge in [0.1, 0.15) is 5.56 Å². The summed E-state index contributed by atoms with van der Waals surface area (Å²) in [6.07, 6.45) is 1.20. The molecule has 0 atom stereocenters. The highest BCUT2D eigenvalue weighted by molar-refractivity contribution is 8.04. The quantitative estimate of drug-likeness (QED) is 0.500. The summed E-state index contributed by atoms with van der Waals surface area (Å²) in [5.41, 5.74) is -0.412. The van der Waals surface area contributed by atoms with Gasteiger partial charge in [-0.2, -0.15) is 0 Å². The Hall–Kier alpha value is -1.97. The largest absolute Gasteiger partial charge is 0.464 e. The van der Waals surface area contributed by atoms with Crippen LogP contribution in [0.4, 0.5) is 0 Å². The van der Waals surface area contributed by atoms with Crippen molar-refractivity contribution in [3.63, 3.8) is 0 Å². The third-order valence-corrected chi connectivity index (χ3v) is 4.16. The van der Waals surface area contributed by atoms with E-state index in [9.17, 15) is 14.4 Å². The first-order chi connectivity index (χ1) is 11.5. The van der Waals surface area contributed by atoms with Crippen molar-refractivity contribution >= 4 is 29.3 Å². The Balaban J connectivity index is 1.99. The van der Waals surface area contributed by atoms with Gasteiger partial charge in [0.15, 0.2) is 0 Å². The number of rotatable bonds is 8. The van der Waals surface area contributed by atoms with E-state index < -0.39 is 17.5 Å². The number of likely N-dealkylation sites (N-methyl/N-ethyl adjacent to an activating group) is 1. The number of aromatic nitrogens is 1.